The summed E-state index contributed by atoms with van der Waals surface area (Å²) in [5, 5.41) is 8.43. The molecule has 0 aliphatic rings. The van der Waals surface area contributed by atoms with Gasteiger partial charge < -0.3 is 20.7 Å². The number of carbonyl (C=O) groups excluding carboxylic acids is 2. The molecule has 3 N–H and O–H groups in total. The SMILES string of the molecule is COCCNCCNC(=O)CNC(=O)Cc1ccccc1.Cl. The summed E-state index contributed by atoms with van der Waals surface area (Å²) >= 11 is 0. The van der Waals surface area contributed by atoms with Gasteiger partial charge in [0.05, 0.1) is 19.6 Å². The van der Waals surface area contributed by atoms with Gasteiger partial charge in [-0.2, -0.15) is 0 Å². The third kappa shape index (κ3) is 10.1. The number of benzene rings is 1. The maximum Gasteiger partial charge on any atom is 0.239 e. The smallest absolute Gasteiger partial charge is 0.239 e. The molecule has 0 spiro atoms. The topological polar surface area (TPSA) is 79.5 Å². The number of nitrogens with one attached hydrogen (secondary N) is 3. The Labute approximate surface area is 137 Å². The molecule has 0 saturated heterocycles. The van der Waals surface area contributed by atoms with E-state index >= 15 is 0 Å². The summed E-state index contributed by atoms with van der Waals surface area (Å²) in [5.74, 6) is -0.348. The van der Waals surface area contributed by atoms with Crippen LogP contribution >= 0.6 is 12.4 Å². The van der Waals surface area contributed by atoms with E-state index < -0.39 is 0 Å². The molecule has 0 fully saturated rings. The molecule has 0 saturated carbocycles. The van der Waals surface area contributed by atoms with Gasteiger partial charge in [0, 0.05) is 26.7 Å². The van der Waals surface area contributed by atoms with Gasteiger partial charge in [-0.3, -0.25) is 9.59 Å². The number of halogens is 1. The molecule has 0 bridgehead atoms. The highest BCUT2D eigenvalue weighted by atomic mass is 35.5. The molecular weight excluding hydrogens is 306 g/mol. The molecule has 0 unspecified atom stereocenters. The summed E-state index contributed by atoms with van der Waals surface area (Å²) in [6.07, 6.45) is 0.284. The normalized spacial score (nSPS) is 9.68. The zero-order valence-electron chi connectivity index (χ0n) is 12.8. The molecule has 0 heterocycles. The lowest BCUT2D eigenvalue weighted by Gasteiger charge is -2.08. The van der Waals surface area contributed by atoms with Crippen LogP contribution in [-0.4, -0.2) is 51.7 Å². The second-order valence-electron chi connectivity index (χ2n) is 4.53. The van der Waals surface area contributed by atoms with Crippen molar-refractivity contribution in [2.24, 2.45) is 0 Å². The van der Waals surface area contributed by atoms with Gasteiger partial charge in [-0.1, -0.05) is 30.3 Å². The fourth-order valence-electron chi connectivity index (χ4n) is 1.67. The minimum atomic E-state index is -0.190. The molecule has 1 aromatic rings. The first-order valence-corrected chi connectivity index (χ1v) is 6.99. The van der Waals surface area contributed by atoms with E-state index in [1.807, 2.05) is 30.3 Å². The Kier molecular flexibility index (Phi) is 12.1. The van der Waals surface area contributed by atoms with E-state index in [0.29, 0.717) is 19.7 Å². The zero-order chi connectivity index (χ0) is 15.3. The number of hydrogen-bond acceptors (Lipinski definition) is 4. The number of rotatable bonds is 10. The van der Waals surface area contributed by atoms with Crippen molar-refractivity contribution in [3.05, 3.63) is 35.9 Å². The summed E-state index contributed by atoms with van der Waals surface area (Å²) in [4.78, 5) is 23.2. The molecule has 0 radical (unpaired) electrons. The van der Waals surface area contributed by atoms with Crippen LogP contribution in [0.3, 0.4) is 0 Å². The Morgan fingerprint density at radius 2 is 1.73 bits per heavy atom. The Balaban J connectivity index is 0.00000441. The van der Waals surface area contributed by atoms with Gasteiger partial charge in [-0.25, -0.2) is 0 Å². The third-order valence-electron chi connectivity index (χ3n) is 2.76. The molecule has 1 rings (SSSR count). The molecule has 0 aliphatic heterocycles. The highest BCUT2D eigenvalue weighted by Gasteiger charge is 2.05. The van der Waals surface area contributed by atoms with Crippen molar-refractivity contribution in [3.63, 3.8) is 0 Å². The number of hydrogen-bond donors (Lipinski definition) is 3. The lowest BCUT2D eigenvalue weighted by atomic mass is 10.1. The second kappa shape index (κ2) is 13.1. The molecule has 1 aromatic carbocycles. The highest BCUT2D eigenvalue weighted by molar-refractivity contribution is 5.85. The second-order valence-corrected chi connectivity index (χ2v) is 4.53. The van der Waals surface area contributed by atoms with Crippen LogP contribution < -0.4 is 16.0 Å². The molecule has 6 nitrogen and oxygen atoms in total. The minimum absolute atomic E-state index is 0. The molecule has 0 aliphatic carbocycles. The largest absolute Gasteiger partial charge is 0.383 e. The zero-order valence-corrected chi connectivity index (χ0v) is 13.6. The van der Waals surface area contributed by atoms with Crippen molar-refractivity contribution in [2.75, 3.05) is 39.9 Å². The standard InChI is InChI=1S/C15H23N3O3.ClH/c1-21-10-9-16-7-8-17-15(20)12-18-14(19)11-13-5-3-2-4-6-13;/h2-6,16H,7-12H2,1H3,(H,17,20)(H,18,19);1H. The van der Waals surface area contributed by atoms with Crippen LogP contribution in [0.1, 0.15) is 5.56 Å². The van der Waals surface area contributed by atoms with E-state index in [-0.39, 0.29) is 37.2 Å². The maximum absolute atomic E-state index is 11.6. The van der Waals surface area contributed by atoms with E-state index in [1.165, 1.54) is 0 Å². The predicted molar refractivity (Wildman–Crippen MR) is 88.2 cm³/mol. The number of carbonyl (C=O) groups is 2. The number of methoxy groups -OCH3 is 1. The van der Waals surface area contributed by atoms with Gasteiger partial charge in [-0.15, -0.1) is 12.4 Å². The Bertz CT molecular complexity index is 429. The van der Waals surface area contributed by atoms with E-state index in [4.69, 9.17) is 4.74 Å². The molecule has 7 heteroatoms. The van der Waals surface area contributed by atoms with Gasteiger partial charge in [0.15, 0.2) is 0 Å². The fourth-order valence-corrected chi connectivity index (χ4v) is 1.67. The lowest BCUT2D eigenvalue weighted by Crippen LogP contribution is -2.40. The van der Waals surface area contributed by atoms with Crippen molar-refractivity contribution < 1.29 is 14.3 Å². The Morgan fingerprint density at radius 3 is 2.41 bits per heavy atom. The summed E-state index contributed by atoms with van der Waals surface area (Å²) in [5.41, 5.74) is 0.928. The van der Waals surface area contributed by atoms with Crippen molar-refractivity contribution in [3.8, 4) is 0 Å². The molecule has 22 heavy (non-hydrogen) atoms. The van der Waals surface area contributed by atoms with Crippen LogP contribution in [0.4, 0.5) is 0 Å². The third-order valence-corrected chi connectivity index (χ3v) is 2.76. The minimum Gasteiger partial charge on any atom is -0.383 e. The molecule has 2 amide bonds. The van der Waals surface area contributed by atoms with Crippen LogP contribution in [0.2, 0.25) is 0 Å². The van der Waals surface area contributed by atoms with Crippen molar-refractivity contribution in [1.29, 1.82) is 0 Å². The predicted octanol–water partition coefficient (Wildman–Crippen LogP) is 0.119. The Hall–Kier alpha value is -1.63. The van der Waals surface area contributed by atoms with Crippen molar-refractivity contribution in [1.82, 2.24) is 16.0 Å². The van der Waals surface area contributed by atoms with Crippen LogP contribution in [0.15, 0.2) is 30.3 Å². The van der Waals surface area contributed by atoms with E-state index in [9.17, 15) is 9.59 Å². The quantitative estimate of drug-likeness (QED) is 0.533. The summed E-state index contributed by atoms with van der Waals surface area (Å²) in [7, 11) is 1.64. The van der Waals surface area contributed by atoms with Crippen LogP contribution in [0, 0.1) is 0 Å². The van der Waals surface area contributed by atoms with E-state index in [2.05, 4.69) is 16.0 Å². The van der Waals surface area contributed by atoms with Crippen LogP contribution in [0.5, 0.6) is 0 Å². The molecule has 0 aromatic heterocycles. The van der Waals surface area contributed by atoms with Gasteiger partial charge in [0.2, 0.25) is 11.8 Å². The monoisotopic (exact) mass is 329 g/mol. The molecule has 124 valence electrons. The van der Waals surface area contributed by atoms with Gasteiger partial charge >= 0.3 is 0 Å². The van der Waals surface area contributed by atoms with Crippen molar-refractivity contribution in [2.45, 2.75) is 6.42 Å². The van der Waals surface area contributed by atoms with Gasteiger partial charge in [0.1, 0.15) is 0 Å². The number of ether oxygens (including phenoxy) is 1. The molecular formula is C15H24ClN3O3. The van der Waals surface area contributed by atoms with Crippen LogP contribution in [-0.2, 0) is 20.7 Å². The average Bonchev–Trinajstić information content (AvgIpc) is 2.50. The maximum atomic E-state index is 11.6. The first-order valence-electron chi connectivity index (χ1n) is 6.99. The summed E-state index contributed by atoms with van der Waals surface area (Å²) < 4.78 is 4.89. The summed E-state index contributed by atoms with van der Waals surface area (Å²) in [6, 6.07) is 9.42. The van der Waals surface area contributed by atoms with Crippen molar-refractivity contribution >= 4 is 24.2 Å². The van der Waals surface area contributed by atoms with Gasteiger partial charge in [-0.05, 0) is 5.56 Å². The number of amides is 2. The molecule has 0 atom stereocenters. The summed E-state index contributed by atoms with van der Waals surface area (Å²) in [6.45, 7) is 2.59. The highest BCUT2D eigenvalue weighted by Crippen LogP contribution is 1.98. The van der Waals surface area contributed by atoms with E-state index in [0.717, 1.165) is 12.1 Å². The van der Waals surface area contributed by atoms with Gasteiger partial charge in [0.25, 0.3) is 0 Å². The lowest BCUT2D eigenvalue weighted by molar-refractivity contribution is -0.125. The van der Waals surface area contributed by atoms with E-state index in [1.54, 1.807) is 7.11 Å². The Morgan fingerprint density at radius 1 is 1.00 bits per heavy atom. The van der Waals surface area contributed by atoms with Crippen LogP contribution in [0.25, 0.3) is 0 Å². The first kappa shape index (κ1) is 20.4. The average molecular weight is 330 g/mol. The fraction of sp³-hybridized carbons (Fsp3) is 0.467. The first-order chi connectivity index (χ1) is 10.2.